The standard InChI is InChI=1S/C27H33N3O3/c1-8-9-29-25(28-26-17(3)10-16(2)11-18(26)4)14-22-21-13-24(33-7)23(32-6)12-20(21)19(5)15-30(22)27(29)31/h10-14,19H,8-9,15H2,1-7H3. The van der Waals surface area contributed by atoms with Crippen LogP contribution < -0.4 is 20.7 Å². The molecular formula is C27H33N3O3. The number of methoxy groups -OCH3 is 2. The van der Waals surface area contributed by atoms with Gasteiger partial charge < -0.3 is 9.47 Å². The van der Waals surface area contributed by atoms with E-state index < -0.39 is 0 Å². The largest absolute Gasteiger partial charge is 0.493 e. The number of rotatable bonds is 5. The highest BCUT2D eigenvalue weighted by Gasteiger charge is 2.26. The molecule has 0 aliphatic carbocycles. The number of benzene rings is 2. The zero-order valence-corrected chi connectivity index (χ0v) is 20.7. The van der Waals surface area contributed by atoms with Gasteiger partial charge in [-0.3, -0.25) is 9.13 Å². The zero-order chi connectivity index (χ0) is 23.9. The molecule has 0 spiro atoms. The van der Waals surface area contributed by atoms with E-state index in [9.17, 15) is 4.79 Å². The van der Waals surface area contributed by atoms with Crippen molar-refractivity contribution < 1.29 is 9.47 Å². The quantitative estimate of drug-likeness (QED) is 0.552. The van der Waals surface area contributed by atoms with Crippen molar-refractivity contribution in [1.82, 2.24) is 9.13 Å². The van der Waals surface area contributed by atoms with Gasteiger partial charge in [0.05, 0.1) is 25.6 Å². The maximum absolute atomic E-state index is 13.7. The number of hydrogen-bond acceptors (Lipinski definition) is 4. The van der Waals surface area contributed by atoms with Gasteiger partial charge in [0.25, 0.3) is 0 Å². The van der Waals surface area contributed by atoms with Crippen molar-refractivity contribution in [3.8, 4) is 22.8 Å². The minimum Gasteiger partial charge on any atom is -0.493 e. The molecular weight excluding hydrogens is 414 g/mol. The van der Waals surface area contributed by atoms with Crippen LogP contribution in [0.2, 0.25) is 0 Å². The van der Waals surface area contributed by atoms with Crippen molar-refractivity contribution in [2.75, 3.05) is 14.2 Å². The van der Waals surface area contributed by atoms with Crippen LogP contribution in [0.4, 0.5) is 5.69 Å². The molecule has 6 nitrogen and oxygen atoms in total. The molecule has 1 aromatic heterocycles. The second-order valence-electron chi connectivity index (χ2n) is 8.99. The SMILES string of the molecule is CCCn1c(=Nc2c(C)cc(C)cc2C)cc2n(c1=O)CC(C)c1cc(OC)c(OC)cc1-2. The summed E-state index contributed by atoms with van der Waals surface area (Å²) in [6.07, 6.45) is 0.852. The lowest BCUT2D eigenvalue weighted by Crippen LogP contribution is -2.42. The van der Waals surface area contributed by atoms with Crippen molar-refractivity contribution in [2.45, 2.75) is 60.0 Å². The molecule has 2 heterocycles. The fourth-order valence-corrected chi connectivity index (χ4v) is 4.91. The summed E-state index contributed by atoms with van der Waals surface area (Å²) in [6, 6.07) is 10.3. The summed E-state index contributed by atoms with van der Waals surface area (Å²) in [6.45, 7) is 11.7. The number of nitrogens with zero attached hydrogens (tertiary/aromatic N) is 3. The fourth-order valence-electron chi connectivity index (χ4n) is 4.91. The van der Waals surface area contributed by atoms with Gasteiger partial charge in [-0.25, -0.2) is 9.79 Å². The topological polar surface area (TPSA) is 57.8 Å². The molecule has 0 radical (unpaired) electrons. The van der Waals surface area contributed by atoms with E-state index in [1.165, 1.54) is 5.56 Å². The number of hydrogen-bond donors (Lipinski definition) is 0. The Morgan fingerprint density at radius 1 is 1.00 bits per heavy atom. The van der Waals surface area contributed by atoms with Crippen LogP contribution in [-0.4, -0.2) is 23.4 Å². The number of aryl methyl sites for hydroxylation is 3. The maximum atomic E-state index is 13.7. The Balaban J connectivity index is 2.06. The van der Waals surface area contributed by atoms with Crippen molar-refractivity contribution in [3.05, 3.63) is 68.6 Å². The van der Waals surface area contributed by atoms with Crippen LogP contribution in [0, 0.1) is 20.8 Å². The van der Waals surface area contributed by atoms with Crippen LogP contribution >= 0.6 is 0 Å². The molecule has 1 aliphatic rings. The van der Waals surface area contributed by atoms with E-state index in [-0.39, 0.29) is 11.6 Å². The minimum absolute atomic E-state index is 0.0252. The summed E-state index contributed by atoms with van der Waals surface area (Å²) < 4.78 is 14.8. The number of aromatic nitrogens is 2. The molecule has 1 unspecified atom stereocenters. The normalized spacial score (nSPS) is 15.2. The summed E-state index contributed by atoms with van der Waals surface area (Å²) in [5.41, 5.74) is 7.99. The van der Waals surface area contributed by atoms with Crippen LogP contribution in [0.3, 0.4) is 0 Å². The molecule has 0 saturated carbocycles. The molecule has 6 heteroatoms. The summed E-state index contributed by atoms with van der Waals surface area (Å²) >= 11 is 0. The molecule has 0 amide bonds. The third-order valence-electron chi connectivity index (χ3n) is 6.42. The Hall–Kier alpha value is -3.28. The Labute approximate surface area is 195 Å². The molecule has 174 valence electrons. The average Bonchev–Trinajstić information content (AvgIpc) is 2.78. The number of fused-ring (bicyclic) bond motifs is 3. The highest BCUT2D eigenvalue weighted by molar-refractivity contribution is 5.71. The molecule has 0 fully saturated rings. The molecule has 3 aromatic rings. The lowest BCUT2D eigenvalue weighted by atomic mass is 9.89. The lowest BCUT2D eigenvalue weighted by molar-refractivity contribution is 0.354. The second-order valence-corrected chi connectivity index (χ2v) is 8.99. The highest BCUT2D eigenvalue weighted by atomic mass is 16.5. The summed E-state index contributed by atoms with van der Waals surface area (Å²) in [4.78, 5) is 18.7. The van der Waals surface area contributed by atoms with Gasteiger partial charge in [-0.05, 0) is 56.0 Å². The van der Waals surface area contributed by atoms with Crippen molar-refractivity contribution in [1.29, 1.82) is 0 Å². The van der Waals surface area contributed by atoms with E-state index in [0.717, 1.165) is 40.1 Å². The molecule has 1 atom stereocenters. The fraction of sp³-hybridized carbons (Fsp3) is 0.407. The molecule has 0 N–H and O–H groups in total. The smallest absolute Gasteiger partial charge is 0.330 e. The van der Waals surface area contributed by atoms with Crippen molar-refractivity contribution >= 4 is 5.69 Å². The third-order valence-corrected chi connectivity index (χ3v) is 6.42. The van der Waals surface area contributed by atoms with Gasteiger partial charge in [0.2, 0.25) is 0 Å². The Kier molecular flexibility index (Phi) is 6.19. The predicted molar refractivity (Wildman–Crippen MR) is 132 cm³/mol. The third kappa shape index (κ3) is 3.99. The minimum atomic E-state index is -0.0252. The Bertz CT molecular complexity index is 1320. The maximum Gasteiger partial charge on any atom is 0.330 e. The van der Waals surface area contributed by atoms with E-state index in [0.29, 0.717) is 30.1 Å². The van der Waals surface area contributed by atoms with Crippen molar-refractivity contribution in [3.63, 3.8) is 0 Å². The van der Waals surface area contributed by atoms with Crippen LogP contribution in [0.1, 0.15) is 48.4 Å². The van der Waals surface area contributed by atoms with Crippen LogP contribution in [0.15, 0.2) is 40.1 Å². The first-order valence-corrected chi connectivity index (χ1v) is 11.5. The van der Waals surface area contributed by atoms with E-state index in [4.69, 9.17) is 14.5 Å². The predicted octanol–water partition coefficient (Wildman–Crippen LogP) is 5.02. The molecule has 4 rings (SSSR count). The number of ether oxygens (including phenoxy) is 2. The van der Waals surface area contributed by atoms with Gasteiger partial charge in [0.1, 0.15) is 5.49 Å². The Morgan fingerprint density at radius 3 is 2.24 bits per heavy atom. The van der Waals surface area contributed by atoms with E-state index in [1.54, 1.807) is 18.8 Å². The van der Waals surface area contributed by atoms with Crippen LogP contribution in [0.5, 0.6) is 11.5 Å². The van der Waals surface area contributed by atoms with Crippen molar-refractivity contribution in [2.24, 2.45) is 4.99 Å². The highest BCUT2D eigenvalue weighted by Crippen LogP contribution is 2.41. The van der Waals surface area contributed by atoms with Gasteiger partial charge in [0, 0.05) is 30.6 Å². The van der Waals surface area contributed by atoms with E-state index >= 15 is 0 Å². The molecule has 2 aromatic carbocycles. The van der Waals surface area contributed by atoms with E-state index in [1.807, 2.05) is 22.8 Å². The molecule has 0 saturated heterocycles. The summed E-state index contributed by atoms with van der Waals surface area (Å²) in [5, 5.41) is 0. The van der Waals surface area contributed by atoms with Gasteiger partial charge >= 0.3 is 5.69 Å². The molecule has 0 bridgehead atoms. The zero-order valence-electron chi connectivity index (χ0n) is 20.7. The first-order valence-electron chi connectivity index (χ1n) is 11.5. The molecule has 33 heavy (non-hydrogen) atoms. The summed E-state index contributed by atoms with van der Waals surface area (Å²) in [5.74, 6) is 1.52. The first-order chi connectivity index (χ1) is 15.8. The first kappa shape index (κ1) is 22.9. The lowest BCUT2D eigenvalue weighted by Gasteiger charge is -2.28. The second kappa shape index (κ2) is 8.93. The van der Waals surface area contributed by atoms with Gasteiger partial charge in [-0.15, -0.1) is 0 Å². The average molecular weight is 448 g/mol. The van der Waals surface area contributed by atoms with Crippen LogP contribution in [0.25, 0.3) is 11.3 Å². The monoisotopic (exact) mass is 447 g/mol. The van der Waals surface area contributed by atoms with E-state index in [2.05, 4.69) is 46.8 Å². The molecule has 1 aliphatic heterocycles. The van der Waals surface area contributed by atoms with Gasteiger partial charge in [0.15, 0.2) is 11.5 Å². The van der Waals surface area contributed by atoms with Crippen LogP contribution in [-0.2, 0) is 13.1 Å². The van der Waals surface area contributed by atoms with Gasteiger partial charge in [-0.1, -0.05) is 31.5 Å². The Morgan fingerprint density at radius 2 is 1.64 bits per heavy atom. The summed E-state index contributed by atoms with van der Waals surface area (Å²) in [7, 11) is 3.28. The van der Waals surface area contributed by atoms with Gasteiger partial charge in [-0.2, -0.15) is 0 Å².